The van der Waals surface area contributed by atoms with Crippen molar-refractivity contribution in [2.45, 2.75) is 71.7 Å². The van der Waals surface area contributed by atoms with Gasteiger partial charge in [-0.25, -0.2) is 0 Å². The lowest BCUT2D eigenvalue weighted by Gasteiger charge is -2.43. The number of esters is 2. The van der Waals surface area contributed by atoms with Crippen LogP contribution in [0.5, 0.6) is 5.75 Å². The van der Waals surface area contributed by atoms with E-state index in [0.717, 1.165) is 42.8 Å². The predicted molar refractivity (Wildman–Crippen MR) is 160 cm³/mol. The number of benzene rings is 2. The van der Waals surface area contributed by atoms with Gasteiger partial charge in [0, 0.05) is 45.7 Å². The molecule has 0 bridgehead atoms. The lowest BCUT2D eigenvalue weighted by Crippen LogP contribution is -2.50. The standard InChI is InChI=1S/C26H31ClO7.C2H4O2.C2H4O.CH4O/c1-4-31-22-8-5-19(6-9-22)11-21-12-20(7-10-24(21)27)25-13-23(33-18(3)30)14-26(15-28,34-25)16-32-17(2)29;1-2(3)4;1-2-3;1-2/h5-10,12,23,25,28H,4,11,13-16H2,1-3H3;1H3,(H,3,4);2H,1H3;2H,1H3/t23?,25?,26-;;;/m1.../s1. The Hall–Kier alpha value is -3.51. The van der Waals surface area contributed by atoms with Crippen molar-refractivity contribution < 1.29 is 53.4 Å². The molecular formula is C31H43ClO11. The lowest BCUT2D eigenvalue weighted by molar-refractivity contribution is -0.213. The van der Waals surface area contributed by atoms with Crippen LogP contribution in [0.2, 0.25) is 5.02 Å². The molecule has 0 saturated carbocycles. The summed E-state index contributed by atoms with van der Waals surface area (Å²) in [4.78, 5) is 40.9. The van der Waals surface area contributed by atoms with Crippen molar-refractivity contribution in [3.63, 3.8) is 0 Å². The molecule has 0 spiro atoms. The predicted octanol–water partition coefficient (Wildman–Crippen LogP) is 4.31. The Kier molecular flexibility index (Phi) is 19.5. The number of carbonyl (C=O) groups is 4. The normalized spacial score (nSPS) is 18.5. The third-order valence-electron chi connectivity index (χ3n) is 5.70. The third-order valence-corrected chi connectivity index (χ3v) is 6.07. The highest BCUT2D eigenvalue weighted by Gasteiger charge is 2.44. The van der Waals surface area contributed by atoms with Gasteiger partial charge in [-0.05, 0) is 55.2 Å². The van der Waals surface area contributed by atoms with Crippen molar-refractivity contribution >= 4 is 35.8 Å². The molecule has 1 aliphatic heterocycles. The number of aliphatic hydroxyl groups excluding tert-OH is 2. The molecule has 43 heavy (non-hydrogen) atoms. The Bertz CT molecular complexity index is 1130. The zero-order valence-electron chi connectivity index (χ0n) is 25.5. The second-order valence-corrected chi connectivity index (χ2v) is 9.67. The summed E-state index contributed by atoms with van der Waals surface area (Å²) < 4.78 is 22.4. The van der Waals surface area contributed by atoms with E-state index in [1.165, 1.54) is 20.8 Å². The molecule has 0 amide bonds. The van der Waals surface area contributed by atoms with Gasteiger partial charge in [0.1, 0.15) is 30.3 Å². The molecule has 3 atom stereocenters. The van der Waals surface area contributed by atoms with Gasteiger partial charge in [-0.3, -0.25) is 14.4 Å². The summed E-state index contributed by atoms with van der Waals surface area (Å²) in [6.07, 6.45) is 1.00. The minimum Gasteiger partial charge on any atom is -0.494 e. The van der Waals surface area contributed by atoms with E-state index in [2.05, 4.69) is 0 Å². The molecule has 2 aromatic carbocycles. The summed E-state index contributed by atoms with van der Waals surface area (Å²) in [6, 6.07) is 13.5. The average molecular weight is 627 g/mol. The first kappa shape index (κ1) is 39.5. The number of carboxylic acid groups (broad SMARTS) is 1. The maximum absolute atomic E-state index is 11.7. The first-order chi connectivity index (χ1) is 20.4. The number of ether oxygens (including phenoxy) is 4. The van der Waals surface area contributed by atoms with Gasteiger partial charge in [-0.2, -0.15) is 0 Å². The van der Waals surface area contributed by atoms with Crippen molar-refractivity contribution in [3.8, 4) is 5.75 Å². The second kappa shape index (κ2) is 21.2. The van der Waals surface area contributed by atoms with Crippen LogP contribution in [-0.2, 0) is 39.8 Å². The number of hydrogen-bond acceptors (Lipinski definition) is 10. The molecule has 1 aliphatic rings. The van der Waals surface area contributed by atoms with Gasteiger partial charge in [-0.1, -0.05) is 35.9 Å². The van der Waals surface area contributed by atoms with Crippen LogP contribution in [0.15, 0.2) is 42.5 Å². The number of aliphatic hydroxyl groups is 2. The second-order valence-electron chi connectivity index (χ2n) is 9.26. The molecule has 12 heteroatoms. The van der Waals surface area contributed by atoms with E-state index in [4.69, 9.17) is 50.4 Å². The number of carboxylic acids is 1. The van der Waals surface area contributed by atoms with E-state index in [-0.39, 0.29) is 19.6 Å². The first-order valence-electron chi connectivity index (χ1n) is 13.5. The van der Waals surface area contributed by atoms with Gasteiger partial charge >= 0.3 is 11.9 Å². The number of aliphatic carboxylic acids is 1. The minimum atomic E-state index is -1.18. The third kappa shape index (κ3) is 15.5. The lowest BCUT2D eigenvalue weighted by atomic mass is 9.87. The molecule has 240 valence electrons. The monoisotopic (exact) mass is 626 g/mol. The summed E-state index contributed by atoms with van der Waals surface area (Å²) >= 11 is 6.50. The van der Waals surface area contributed by atoms with Crippen molar-refractivity contribution in [3.05, 3.63) is 64.2 Å². The molecule has 1 saturated heterocycles. The Labute approximate surface area is 257 Å². The SMILES string of the molecule is CC(=O)O.CC=O.CCOc1ccc(Cc2cc(C3CC(OC(C)=O)C[C@@](CO)(COC(C)=O)O3)ccc2Cl)cc1.CO. The number of carbonyl (C=O) groups excluding carboxylic acids is 3. The average Bonchev–Trinajstić information content (AvgIpc) is 2.95. The van der Waals surface area contributed by atoms with Gasteiger partial charge in [0.2, 0.25) is 0 Å². The van der Waals surface area contributed by atoms with Crippen molar-refractivity contribution in [2.75, 3.05) is 26.9 Å². The topological polar surface area (TPSA) is 166 Å². The zero-order valence-corrected chi connectivity index (χ0v) is 26.3. The molecule has 2 aromatic rings. The van der Waals surface area contributed by atoms with Crippen molar-refractivity contribution in [2.24, 2.45) is 0 Å². The van der Waals surface area contributed by atoms with E-state index in [9.17, 15) is 14.7 Å². The van der Waals surface area contributed by atoms with E-state index < -0.39 is 35.7 Å². The number of hydrogen-bond donors (Lipinski definition) is 3. The minimum absolute atomic E-state index is 0.139. The van der Waals surface area contributed by atoms with Crippen LogP contribution in [-0.4, -0.2) is 78.1 Å². The van der Waals surface area contributed by atoms with Crippen LogP contribution in [0.3, 0.4) is 0 Å². The van der Waals surface area contributed by atoms with Crippen LogP contribution in [0.1, 0.15) is 70.3 Å². The quantitative estimate of drug-likeness (QED) is 0.268. The fourth-order valence-electron chi connectivity index (χ4n) is 4.16. The Morgan fingerprint density at radius 2 is 1.65 bits per heavy atom. The maximum Gasteiger partial charge on any atom is 0.302 e. The summed E-state index contributed by atoms with van der Waals surface area (Å²) in [5.41, 5.74) is 1.65. The smallest absolute Gasteiger partial charge is 0.302 e. The maximum atomic E-state index is 11.7. The van der Waals surface area contributed by atoms with Crippen LogP contribution in [0.4, 0.5) is 0 Å². The van der Waals surface area contributed by atoms with Crippen LogP contribution in [0, 0.1) is 0 Å². The van der Waals surface area contributed by atoms with Crippen LogP contribution >= 0.6 is 11.6 Å². The van der Waals surface area contributed by atoms with Gasteiger partial charge < -0.3 is 39.1 Å². The molecule has 0 aromatic heterocycles. The number of aldehydes is 1. The summed E-state index contributed by atoms with van der Waals surface area (Å²) in [5, 5.41) is 25.2. The van der Waals surface area contributed by atoms with E-state index in [1.54, 1.807) is 0 Å². The Balaban J connectivity index is 0.00000174. The molecule has 1 fully saturated rings. The first-order valence-corrected chi connectivity index (χ1v) is 13.9. The highest BCUT2D eigenvalue weighted by Crippen LogP contribution is 2.40. The van der Waals surface area contributed by atoms with E-state index >= 15 is 0 Å². The van der Waals surface area contributed by atoms with Crippen LogP contribution < -0.4 is 4.74 Å². The van der Waals surface area contributed by atoms with E-state index in [1.807, 2.05) is 49.4 Å². The van der Waals surface area contributed by atoms with Crippen molar-refractivity contribution in [1.82, 2.24) is 0 Å². The number of rotatable bonds is 9. The fraction of sp³-hybridized carbons (Fsp3) is 0.484. The molecule has 2 unspecified atom stereocenters. The highest BCUT2D eigenvalue weighted by molar-refractivity contribution is 6.31. The molecule has 3 N–H and O–H groups in total. The molecule has 11 nitrogen and oxygen atoms in total. The fourth-order valence-corrected chi connectivity index (χ4v) is 4.34. The zero-order chi connectivity index (χ0) is 33.0. The summed E-state index contributed by atoms with van der Waals surface area (Å²) in [6.45, 7) is 7.18. The summed E-state index contributed by atoms with van der Waals surface area (Å²) in [7, 11) is 1.00. The van der Waals surface area contributed by atoms with Gasteiger partial charge in [0.25, 0.3) is 5.97 Å². The molecule has 0 radical (unpaired) electrons. The van der Waals surface area contributed by atoms with Gasteiger partial charge in [-0.15, -0.1) is 0 Å². The van der Waals surface area contributed by atoms with E-state index in [0.29, 0.717) is 24.5 Å². The molecule has 0 aliphatic carbocycles. The molecular weight excluding hydrogens is 584 g/mol. The Morgan fingerprint density at radius 1 is 1.07 bits per heavy atom. The van der Waals surface area contributed by atoms with Crippen LogP contribution in [0.25, 0.3) is 0 Å². The molecule has 3 rings (SSSR count). The van der Waals surface area contributed by atoms with Crippen molar-refractivity contribution in [1.29, 1.82) is 0 Å². The largest absolute Gasteiger partial charge is 0.494 e. The highest BCUT2D eigenvalue weighted by atomic mass is 35.5. The molecule has 1 heterocycles. The van der Waals surface area contributed by atoms with Gasteiger partial charge in [0.15, 0.2) is 0 Å². The summed E-state index contributed by atoms with van der Waals surface area (Å²) in [5.74, 6) is -0.921. The van der Waals surface area contributed by atoms with Gasteiger partial charge in [0.05, 0.1) is 19.3 Å². The number of halogens is 1. The Morgan fingerprint density at radius 3 is 2.14 bits per heavy atom.